The Morgan fingerprint density at radius 2 is 2.00 bits per heavy atom. The summed E-state index contributed by atoms with van der Waals surface area (Å²) in [5, 5.41) is 4.78. The number of hydrogen-bond donors (Lipinski definition) is 2. The van der Waals surface area contributed by atoms with E-state index in [1.54, 1.807) is 0 Å². The Bertz CT molecular complexity index is 809. The van der Waals surface area contributed by atoms with E-state index in [0.29, 0.717) is 38.0 Å². The van der Waals surface area contributed by atoms with Crippen molar-refractivity contribution >= 4 is 5.91 Å². The minimum atomic E-state index is -0.627. The fourth-order valence-corrected chi connectivity index (χ4v) is 3.04. The summed E-state index contributed by atoms with van der Waals surface area (Å²) < 4.78 is 37.3. The Morgan fingerprint density at radius 3 is 2.64 bits per heavy atom. The summed E-state index contributed by atoms with van der Waals surface area (Å²) in [5.41, 5.74) is -0.520. The highest BCUT2D eigenvalue weighted by Gasteiger charge is 2.34. The highest BCUT2D eigenvalue weighted by molar-refractivity contribution is 5.91. The Hall–Kier alpha value is -2.48. The van der Waals surface area contributed by atoms with E-state index < -0.39 is 28.5 Å². The second kappa shape index (κ2) is 7.18. The zero-order valence-corrected chi connectivity index (χ0v) is 13.4. The molecule has 0 bridgehead atoms. The number of carbonyl (C=O) groups is 1. The van der Waals surface area contributed by atoms with Crippen LogP contribution < -0.4 is 10.9 Å². The van der Waals surface area contributed by atoms with Crippen molar-refractivity contribution < 1.29 is 22.8 Å². The van der Waals surface area contributed by atoms with Gasteiger partial charge in [-0.1, -0.05) is 6.07 Å². The number of benzene rings is 1. The monoisotopic (exact) mass is 352 g/mol. The van der Waals surface area contributed by atoms with E-state index in [2.05, 4.69) is 10.5 Å². The van der Waals surface area contributed by atoms with Crippen LogP contribution in [0.2, 0.25) is 0 Å². The second-order valence-electron chi connectivity index (χ2n) is 6.28. The molecule has 1 saturated heterocycles. The summed E-state index contributed by atoms with van der Waals surface area (Å²) in [5.74, 6) is -1.86. The fraction of sp³-hybridized carbons (Fsp3) is 0.412. The molecular weight excluding hydrogens is 334 g/mol. The number of halogens is 2. The third kappa shape index (κ3) is 4.14. The number of aromatic amines is 1. The van der Waals surface area contributed by atoms with Crippen molar-refractivity contribution in [1.82, 2.24) is 10.5 Å². The Morgan fingerprint density at radius 1 is 1.24 bits per heavy atom. The number of hydrogen-bond acceptors (Lipinski definition) is 4. The summed E-state index contributed by atoms with van der Waals surface area (Å²) in [6.07, 6.45) is 1.60. The van der Waals surface area contributed by atoms with E-state index >= 15 is 0 Å². The first-order chi connectivity index (χ1) is 12.0. The number of ether oxygens (including phenoxy) is 1. The summed E-state index contributed by atoms with van der Waals surface area (Å²) >= 11 is 0. The zero-order valence-electron chi connectivity index (χ0n) is 13.4. The van der Waals surface area contributed by atoms with Gasteiger partial charge in [-0.2, -0.15) is 5.16 Å². The summed E-state index contributed by atoms with van der Waals surface area (Å²) in [6, 6.07) is 4.56. The topological polar surface area (TPSA) is 84.3 Å². The molecule has 1 amide bonds. The third-order valence-electron chi connectivity index (χ3n) is 4.51. The minimum absolute atomic E-state index is 0.111. The van der Waals surface area contributed by atoms with Crippen LogP contribution in [0.1, 0.15) is 29.0 Å². The number of aromatic nitrogens is 1. The summed E-state index contributed by atoms with van der Waals surface area (Å²) in [6.45, 7) is 1.26. The van der Waals surface area contributed by atoms with Crippen LogP contribution in [0.25, 0.3) is 0 Å². The molecule has 0 unspecified atom stereocenters. The predicted molar refractivity (Wildman–Crippen MR) is 84.2 cm³/mol. The smallest absolute Gasteiger partial charge is 0.289 e. The van der Waals surface area contributed by atoms with E-state index in [9.17, 15) is 18.4 Å². The molecule has 0 saturated carbocycles. The molecule has 2 heterocycles. The van der Waals surface area contributed by atoms with Crippen LogP contribution in [0.3, 0.4) is 0 Å². The van der Waals surface area contributed by atoms with Gasteiger partial charge in [0.15, 0.2) is 0 Å². The van der Waals surface area contributed by atoms with Gasteiger partial charge >= 0.3 is 0 Å². The number of nitrogens with one attached hydrogen (secondary N) is 2. The number of H-pyrrole nitrogens is 1. The quantitative estimate of drug-likeness (QED) is 0.862. The molecule has 0 radical (unpaired) electrons. The molecule has 2 N–H and O–H groups in total. The lowest BCUT2D eigenvalue weighted by Crippen LogP contribution is -2.43. The van der Waals surface area contributed by atoms with Gasteiger partial charge in [-0.05, 0) is 36.3 Å². The van der Waals surface area contributed by atoms with Crippen molar-refractivity contribution in [3.63, 3.8) is 0 Å². The highest BCUT2D eigenvalue weighted by Crippen LogP contribution is 2.34. The fourth-order valence-electron chi connectivity index (χ4n) is 3.04. The molecule has 25 heavy (non-hydrogen) atoms. The van der Waals surface area contributed by atoms with E-state index in [-0.39, 0.29) is 12.3 Å². The van der Waals surface area contributed by atoms with E-state index in [1.807, 2.05) is 0 Å². The van der Waals surface area contributed by atoms with Crippen LogP contribution in [0, 0.1) is 17.0 Å². The average molecular weight is 352 g/mol. The van der Waals surface area contributed by atoms with Gasteiger partial charge in [0.1, 0.15) is 11.6 Å². The molecular formula is C17H18F2N2O4. The van der Waals surface area contributed by atoms with Gasteiger partial charge in [-0.3, -0.25) is 9.59 Å². The van der Waals surface area contributed by atoms with Crippen LogP contribution in [0.15, 0.2) is 33.6 Å². The average Bonchev–Trinajstić information content (AvgIpc) is 3.03. The second-order valence-corrected chi connectivity index (χ2v) is 6.28. The van der Waals surface area contributed by atoms with Gasteiger partial charge in [0.25, 0.3) is 11.5 Å². The van der Waals surface area contributed by atoms with Crippen molar-refractivity contribution in [2.45, 2.75) is 19.3 Å². The van der Waals surface area contributed by atoms with Crippen molar-refractivity contribution in [2.75, 3.05) is 19.8 Å². The molecule has 1 aromatic heterocycles. The zero-order chi connectivity index (χ0) is 17.9. The standard InChI is InChI=1S/C17H18F2N2O4/c18-12-2-1-11(13(19)7-12)9-17(3-5-24-6-4-17)10-20-16(23)14-8-15(22)21-25-14/h1-2,7-8H,3-6,9-10H2,(H,20,23)(H,21,22). The number of amides is 1. The molecule has 1 aliphatic rings. The van der Waals surface area contributed by atoms with Gasteiger partial charge in [0.05, 0.1) is 6.07 Å². The first kappa shape index (κ1) is 17.3. The van der Waals surface area contributed by atoms with Crippen LogP contribution in [0.4, 0.5) is 8.78 Å². The van der Waals surface area contributed by atoms with Crippen LogP contribution in [-0.4, -0.2) is 30.8 Å². The van der Waals surface area contributed by atoms with Crippen LogP contribution in [0.5, 0.6) is 0 Å². The van der Waals surface area contributed by atoms with Crippen molar-refractivity contribution in [3.8, 4) is 0 Å². The lowest BCUT2D eigenvalue weighted by atomic mass is 9.75. The molecule has 2 aromatic rings. The molecule has 1 fully saturated rings. The van der Waals surface area contributed by atoms with Gasteiger partial charge in [-0.15, -0.1) is 0 Å². The molecule has 1 aliphatic heterocycles. The first-order valence-corrected chi connectivity index (χ1v) is 7.96. The molecule has 0 aliphatic carbocycles. The van der Waals surface area contributed by atoms with Gasteiger partial charge in [0, 0.05) is 25.8 Å². The molecule has 1 aromatic carbocycles. The third-order valence-corrected chi connectivity index (χ3v) is 4.51. The SMILES string of the molecule is O=C(NCC1(Cc2ccc(F)cc2F)CCOCC1)c1cc(=O)[nH]o1. The molecule has 3 rings (SSSR count). The molecule has 6 nitrogen and oxygen atoms in total. The Kier molecular flexibility index (Phi) is 4.98. The maximum atomic E-state index is 14.0. The van der Waals surface area contributed by atoms with Crippen molar-refractivity contribution in [2.24, 2.45) is 5.41 Å². The highest BCUT2D eigenvalue weighted by atomic mass is 19.1. The molecule has 8 heteroatoms. The normalized spacial score (nSPS) is 16.6. The van der Waals surface area contributed by atoms with E-state index in [0.717, 1.165) is 12.1 Å². The lowest BCUT2D eigenvalue weighted by molar-refractivity contribution is 0.0143. The molecule has 0 atom stereocenters. The number of carbonyl (C=O) groups excluding carboxylic acids is 1. The Labute approximate surface area is 142 Å². The maximum Gasteiger partial charge on any atom is 0.289 e. The maximum absolute atomic E-state index is 14.0. The minimum Gasteiger partial charge on any atom is -0.381 e. The van der Waals surface area contributed by atoms with Gasteiger partial charge < -0.3 is 14.6 Å². The summed E-state index contributed by atoms with van der Waals surface area (Å²) in [7, 11) is 0. The van der Waals surface area contributed by atoms with E-state index in [4.69, 9.17) is 9.26 Å². The largest absolute Gasteiger partial charge is 0.381 e. The lowest BCUT2D eigenvalue weighted by Gasteiger charge is -2.37. The summed E-state index contributed by atoms with van der Waals surface area (Å²) in [4.78, 5) is 23.1. The number of rotatable bonds is 5. The van der Waals surface area contributed by atoms with Crippen LogP contribution in [-0.2, 0) is 11.2 Å². The predicted octanol–water partition coefficient (Wildman–Crippen LogP) is 2.02. The van der Waals surface area contributed by atoms with Gasteiger partial charge in [0.2, 0.25) is 5.76 Å². The van der Waals surface area contributed by atoms with Crippen molar-refractivity contribution in [3.05, 3.63) is 57.6 Å². The van der Waals surface area contributed by atoms with Crippen LogP contribution >= 0.6 is 0 Å². The van der Waals surface area contributed by atoms with Gasteiger partial charge in [-0.25, -0.2) is 8.78 Å². The Balaban J connectivity index is 1.74. The first-order valence-electron chi connectivity index (χ1n) is 7.96. The molecule has 134 valence electrons. The molecule has 0 spiro atoms. The van der Waals surface area contributed by atoms with E-state index in [1.165, 1.54) is 12.1 Å². The van der Waals surface area contributed by atoms with Crippen molar-refractivity contribution in [1.29, 1.82) is 0 Å².